The fraction of sp³-hybridized carbons (Fsp3) is 0.667. The smallest absolute Gasteiger partial charge is 0.254 e. The number of carbonyl (C=O) groups is 1. The van der Waals surface area contributed by atoms with Gasteiger partial charge in [-0.05, 0) is 12.8 Å². The van der Waals surface area contributed by atoms with Crippen LogP contribution in [0.25, 0.3) is 0 Å². The van der Waals surface area contributed by atoms with Crippen LogP contribution >= 0.6 is 0 Å². The fourth-order valence-corrected chi connectivity index (χ4v) is 3.75. The van der Waals surface area contributed by atoms with E-state index in [2.05, 4.69) is 30.1 Å². The Labute approximate surface area is 159 Å². The van der Waals surface area contributed by atoms with E-state index in [1.54, 1.807) is 0 Å². The summed E-state index contributed by atoms with van der Waals surface area (Å²) in [7, 11) is 3.79. The highest BCUT2D eigenvalue weighted by atomic mass is 16.5. The summed E-state index contributed by atoms with van der Waals surface area (Å²) in [5.41, 5.74) is 0.503. The monoisotopic (exact) mass is 373 g/mol. The van der Waals surface area contributed by atoms with E-state index in [1.807, 2.05) is 31.4 Å². The van der Waals surface area contributed by atoms with Gasteiger partial charge in [-0.15, -0.1) is 0 Å². The molecule has 0 aliphatic carbocycles. The van der Waals surface area contributed by atoms with Crippen molar-refractivity contribution in [3.63, 3.8) is 0 Å². The SMILES string of the molecule is CN(C)C1=NC2(CCN(Cc3cnc(N4CCOCC4)nc3)CC2)C(=O)N1. The predicted octanol–water partition coefficient (Wildman–Crippen LogP) is -0.305. The zero-order valence-corrected chi connectivity index (χ0v) is 16.0. The van der Waals surface area contributed by atoms with Gasteiger partial charge in [0.1, 0.15) is 5.54 Å². The lowest BCUT2D eigenvalue weighted by atomic mass is 9.88. The van der Waals surface area contributed by atoms with Gasteiger partial charge in [0.25, 0.3) is 5.91 Å². The number of amides is 1. The Morgan fingerprint density at radius 2 is 1.81 bits per heavy atom. The van der Waals surface area contributed by atoms with Crippen molar-refractivity contribution in [2.45, 2.75) is 24.9 Å². The van der Waals surface area contributed by atoms with E-state index in [1.165, 1.54) is 0 Å². The lowest BCUT2D eigenvalue weighted by Crippen LogP contribution is -2.49. The minimum Gasteiger partial charge on any atom is -0.378 e. The molecule has 0 atom stereocenters. The Morgan fingerprint density at radius 3 is 2.41 bits per heavy atom. The first-order valence-electron chi connectivity index (χ1n) is 9.50. The number of morpholine rings is 1. The summed E-state index contributed by atoms with van der Waals surface area (Å²) in [4.78, 5) is 32.5. The number of anilines is 1. The Hall–Kier alpha value is -2.26. The molecule has 1 aromatic rings. The van der Waals surface area contributed by atoms with E-state index in [9.17, 15) is 4.79 Å². The van der Waals surface area contributed by atoms with Crippen LogP contribution in [-0.2, 0) is 16.1 Å². The average molecular weight is 373 g/mol. The van der Waals surface area contributed by atoms with Crippen LogP contribution in [0.2, 0.25) is 0 Å². The molecule has 3 aliphatic heterocycles. The van der Waals surface area contributed by atoms with Gasteiger partial charge in [-0.2, -0.15) is 0 Å². The zero-order valence-electron chi connectivity index (χ0n) is 16.0. The minimum atomic E-state index is -0.590. The number of piperidine rings is 1. The molecule has 0 bridgehead atoms. The first kappa shape index (κ1) is 18.1. The molecular formula is C18H27N7O2. The summed E-state index contributed by atoms with van der Waals surface area (Å²) >= 11 is 0. The quantitative estimate of drug-likeness (QED) is 0.778. The van der Waals surface area contributed by atoms with Crippen molar-refractivity contribution >= 4 is 17.8 Å². The van der Waals surface area contributed by atoms with Crippen LogP contribution in [0.4, 0.5) is 5.95 Å². The molecule has 1 aromatic heterocycles. The van der Waals surface area contributed by atoms with Crippen LogP contribution in [0.15, 0.2) is 17.4 Å². The van der Waals surface area contributed by atoms with Crippen molar-refractivity contribution in [1.82, 2.24) is 25.1 Å². The van der Waals surface area contributed by atoms with Gasteiger partial charge in [0, 0.05) is 64.8 Å². The lowest BCUT2D eigenvalue weighted by Gasteiger charge is -2.35. The molecule has 0 aromatic carbocycles. The van der Waals surface area contributed by atoms with Crippen molar-refractivity contribution in [2.75, 3.05) is 58.4 Å². The molecular weight excluding hydrogens is 346 g/mol. The highest BCUT2D eigenvalue weighted by Gasteiger charge is 2.46. The fourth-order valence-electron chi connectivity index (χ4n) is 3.75. The van der Waals surface area contributed by atoms with Gasteiger partial charge in [0.2, 0.25) is 11.9 Å². The summed E-state index contributed by atoms with van der Waals surface area (Å²) in [6.45, 7) is 5.60. The second kappa shape index (κ2) is 7.40. The molecule has 2 fully saturated rings. The Morgan fingerprint density at radius 1 is 1.15 bits per heavy atom. The van der Waals surface area contributed by atoms with Gasteiger partial charge in [-0.3, -0.25) is 15.0 Å². The molecule has 1 N–H and O–H groups in total. The zero-order chi connectivity index (χ0) is 18.9. The number of nitrogens with zero attached hydrogens (tertiary/aromatic N) is 6. The number of aromatic nitrogens is 2. The second-order valence-electron chi connectivity index (χ2n) is 7.58. The van der Waals surface area contributed by atoms with Crippen LogP contribution in [0.5, 0.6) is 0 Å². The molecule has 0 saturated carbocycles. The molecule has 9 nitrogen and oxygen atoms in total. The number of rotatable bonds is 3. The Balaban J connectivity index is 1.33. The summed E-state index contributed by atoms with van der Waals surface area (Å²) in [5, 5.41) is 2.90. The van der Waals surface area contributed by atoms with Crippen molar-refractivity contribution in [2.24, 2.45) is 4.99 Å². The van der Waals surface area contributed by atoms with Crippen molar-refractivity contribution in [3.05, 3.63) is 18.0 Å². The van der Waals surface area contributed by atoms with Crippen molar-refractivity contribution in [1.29, 1.82) is 0 Å². The number of hydrogen-bond acceptors (Lipinski definition) is 8. The molecule has 3 aliphatic rings. The van der Waals surface area contributed by atoms with Gasteiger partial charge >= 0.3 is 0 Å². The number of carbonyl (C=O) groups excluding carboxylic acids is 1. The van der Waals surface area contributed by atoms with E-state index in [0.29, 0.717) is 5.96 Å². The summed E-state index contributed by atoms with van der Waals surface area (Å²) < 4.78 is 5.37. The molecule has 2 saturated heterocycles. The molecule has 0 radical (unpaired) electrons. The normalized spacial score (nSPS) is 22.7. The summed E-state index contributed by atoms with van der Waals surface area (Å²) in [6.07, 6.45) is 5.30. The largest absolute Gasteiger partial charge is 0.378 e. The van der Waals surface area contributed by atoms with Gasteiger partial charge in [-0.25, -0.2) is 15.0 Å². The first-order valence-corrected chi connectivity index (χ1v) is 9.50. The lowest BCUT2D eigenvalue weighted by molar-refractivity contribution is -0.125. The van der Waals surface area contributed by atoms with Crippen LogP contribution in [-0.4, -0.2) is 90.7 Å². The van der Waals surface area contributed by atoms with Crippen LogP contribution in [0, 0.1) is 0 Å². The highest BCUT2D eigenvalue weighted by molar-refractivity contribution is 6.07. The maximum absolute atomic E-state index is 12.4. The predicted molar refractivity (Wildman–Crippen MR) is 102 cm³/mol. The van der Waals surface area contributed by atoms with E-state index in [4.69, 9.17) is 4.74 Å². The number of hydrogen-bond donors (Lipinski definition) is 1. The van der Waals surface area contributed by atoms with Gasteiger partial charge < -0.3 is 14.5 Å². The Kier molecular flexibility index (Phi) is 4.96. The maximum Gasteiger partial charge on any atom is 0.254 e. The van der Waals surface area contributed by atoms with E-state index in [0.717, 1.165) is 70.3 Å². The number of likely N-dealkylation sites (tertiary alicyclic amines) is 1. The number of guanidine groups is 1. The number of ether oxygens (including phenoxy) is 1. The highest BCUT2D eigenvalue weighted by Crippen LogP contribution is 2.30. The standard InChI is InChI=1S/C18H27N7O2/c1-23(2)17-21-15(26)18(22-17)3-5-24(6-4-18)13-14-11-19-16(20-12-14)25-7-9-27-10-8-25/h11-12H,3-10,13H2,1-2H3,(H,21,22,26). The molecule has 1 amide bonds. The van der Waals surface area contributed by atoms with Crippen LogP contribution in [0.3, 0.4) is 0 Å². The molecule has 27 heavy (non-hydrogen) atoms. The third-order valence-corrected chi connectivity index (χ3v) is 5.47. The Bertz CT molecular complexity index is 705. The number of nitrogens with one attached hydrogen (secondary N) is 1. The van der Waals surface area contributed by atoms with E-state index >= 15 is 0 Å². The van der Waals surface area contributed by atoms with E-state index in [-0.39, 0.29) is 5.91 Å². The average Bonchev–Trinajstić information content (AvgIpc) is 3.02. The van der Waals surface area contributed by atoms with Crippen molar-refractivity contribution < 1.29 is 9.53 Å². The molecule has 4 rings (SSSR count). The maximum atomic E-state index is 12.4. The summed E-state index contributed by atoms with van der Waals surface area (Å²) in [6, 6.07) is 0. The van der Waals surface area contributed by atoms with Crippen LogP contribution < -0.4 is 10.2 Å². The third-order valence-electron chi connectivity index (χ3n) is 5.47. The van der Waals surface area contributed by atoms with Gasteiger partial charge in [0.15, 0.2) is 0 Å². The third kappa shape index (κ3) is 3.74. The van der Waals surface area contributed by atoms with E-state index < -0.39 is 5.54 Å². The molecule has 146 valence electrons. The second-order valence-corrected chi connectivity index (χ2v) is 7.58. The van der Waals surface area contributed by atoms with Gasteiger partial charge in [0.05, 0.1) is 13.2 Å². The topological polar surface area (TPSA) is 86.2 Å². The minimum absolute atomic E-state index is 0.0315. The number of aliphatic imine (C=N–C) groups is 1. The first-order chi connectivity index (χ1) is 13.1. The summed E-state index contributed by atoms with van der Waals surface area (Å²) in [5.74, 6) is 1.47. The van der Waals surface area contributed by atoms with Gasteiger partial charge in [-0.1, -0.05) is 0 Å². The molecule has 4 heterocycles. The molecule has 1 spiro atoms. The molecule has 9 heteroatoms. The van der Waals surface area contributed by atoms with Crippen LogP contribution in [0.1, 0.15) is 18.4 Å². The van der Waals surface area contributed by atoms with Crippen molar-refractivity contribution in [3.8, 4) is 0 Å². The molecule has 0 unspecified atom stereocenters.